The van der Waals surface area contributed by atoms with Crippen molar-refractivity contribution in [1.29, 1.82) is 5.26 Å². The zero-order chi connectivity index (χ0) is 13.9. The Morgan fingerprint density at radius 3 is 3.05 bits per heavy atom. The Bertz CT molecular complexity index is 441. The molecule has 19 heavy (non-hydrogen) atoms. The van der Waals surface area contributed by atoms with E-state index in [0.717, 1.165) is 18.5 Å². The van der Waals surface area contributed by atoms with E-state index in [9.17, 15) is 4.79 Å². The Hall–Kier alpha value is -2.06. The lowest BCUT2D eigenvalue weighted by atomic mass is 10.2. The van der Waals surface area contributed by atoms with Crippen molar-refractivity contribution < 1.29 is 14.3 Å². The van der Waals surface area contributed by atoms with Gasteiger partial charge >= 0.3 is 5.97 Å². The summed E-state index contributed by atoms with van der Waals surface area (Å²) in [6, 6.07) is 9.51. The second-order valence-corrected chi connectivity index (χ2v) is 3.95. The predicted octanol–water partition coefficient (Wildman–Crippen LogP) is 1.63. The summed E-state index contributed by atoms with van der Waals surface area (Å²) in [6.45, 7) is 1.50. The van der Waals surface area contributed by atoms with Crippen LogP contribution in [-0.2, 0) is 16.1 Å². The van der Waals surface area contributed by atoms with E-state index in [1.165, 1.54) is 7.11 Å². The third-order valence-electron chi connectivity index (χ3n) is 2.49. The third kappa shape index (κ3) is 6.43. The van der Waals surface area contributed by atoms with Crippen LogP contribution in [-0.4, -0.2) is 26.2 Å². The molecule has 0 saturated heterocycles. The Labute approximate surface area is 113 Å². The maximum absolute atomic E-state index is 10.9. The van der Waals surface area contributed by atoms with Gasteiger partial charge in [-0.15, -0.1) is 0 Å². The highest BCUT2D eigenvalue weighted by molar-refractivity contribution is 5.69. The standard InChI is InChI=1S/C14H18N2O3/c1-18-14(17)6-3-8-16-11-12-4-2-5-13(10-12)19-9-7-15/h2,4-5,10,16H,3,6,8-9,11H2,1H3. The summed E-state index contributed by atoms with van der Waals surface area (Å²) in [6.07, 6.45) is 1.17. The minimum absolute atomic E-state index is 0.0516. The lowest BCUT2D eigenvalue weighted by molar-refractivity contribution is -0.140. The van der Waals surface area contributed by atoms with Crippen LogP contribution >= 0.6 is 0 Å². The Morgan fingerprint density at radius 1 is 1.47 bits per heavy atom. The number of rotatable bonds is 8. The maximum Gasteiger partial charge on any atom is 0.305 e. The van der Waals surface area contributed by atoms with Crippen molar-refractivity contribution in [1.82, 2.24) is 5.32 Å². The molecule has 5 nitrogen and oxygen atoms in total. The fourth-order valence-electron chi connectivity index (χ4n) is 1.55. The number of benzene rings is 1. The van der Waals surface area contributed by atoms with Gasteiger partial charge in [-0.3, -0.25) is 4.79 Å². The monoisotopic (exact) mass is 262 g/mol. The fraction of sp³-hybridized carbons (Fsp3) is 0.429. The number of methoxy groups -OCH3 is 1. The van der Waals surface area contributed by atoms with Crippen molar-refractivity contribution in [2.24, 2.45) is 0 Å². The molecule has 5 heteroatoms. The zero-order valence-electron chi connectivity index (χ0n) is 11.0. The van der Waals surface area contributed by atoms with Gasteiger partial charge in [-0.05, 0) is 30.7 Å². The van der Waals surface area contributed by atoms with Crippen LogP contribution in [0.2, 0.25) is 0 Å². The Morgan fingerprint density at radius 2 is 2.32 bits per heavy atom. The molecule has 0 aromatic heterocycles. The average molecular weight is 262 g/mol. The van der Waals surface area contributed by atoms with Crippen LogP contribution in [0.3, 0.4) is 0 Å². The number of esters is 1. The summed E-state index contributed by atoms with van der Waals surface area (Å²) in [5, 5.41) is 11.7. The molecule has 0 saturated carbocycles. The molecule has 0 fully saturated rings. The van der Waals surface area contributed by atoms with Crippen molar-refractivity contribution in [2.45, 2.75) is 19.4 Å². The lowest BCUT2D eigenvalue weighted by Gasteiger charge is -2.07. The smallest absolute Gasteiger partial charge is 0.305 e. The second-order valence-electron chi connectivity index (χ2n) is 3.95. The number of nitrogens with zero attached hydrogens (tertiary/aromatic N) is 1. The first kappa shape index (κ1) is 15.0. The van der Waals surface area contributed by atoms with Crippen LogP contribution < -0.4 is 10.1 Å². The van der Waals surface area contributed by atoms with E-state index in [0.29, 0.717) is 18.7 Å². The highest BCUT2D eigenvalue weighted by Crippen LogP contribution is 2.12. The summed E-state index contributed by atoms with van der Waals surface area (Å²) in [4.78, 5) is 10.9. The summed E-state index contributed by atoms with van der Waals surface area (Å²) < 4.78 is 9.78. The molecule has 0 unspecified atom stereocenters. The molecule has 1 rings (SSSR count). The summed E-state index contributed by atoms with van der Waals surface area (Å²) in [5.41, 5.74) is 1.08. The quantitative estimate of drug-likeness (QED) is 0.569. The van der Waals surface area contributed by atoms with Gasteiger partial charge in [-0.2, -0.15) is 5.26 Å². The minimum Gasteiger partial charge on any atom is -0.479 e. The minimum atomic E-state index is -0.186. The van der Waals surface area contributed by atoms with E-state index in [1.807, 2.05) is 30.3 Å². The molecule has 0 aliphatic carbocycles. The molecule has 1 aromatic rings. The molecule has 102 valence electrons. The molecule has 0 aliphatic rings. The van der Waals surface area contributed by atoms with Crippen LogP contribution in [0.4, 0.5) is 0 Å². The molecule has 0 bridgehead atoms. The summed E-state index contributed by atoms with van der Waals surface area (Å²) >= 11 is 0. The molecule has 0 atom stereocenters. The average Bonchev–Trinajstić information content (AvgIpc) is 2.45. The van der Waals surface area contributed by atoms with Gasteiger partial charge in [0.15, 0.2) is 6.61 Å². The van der Waals surface area contributed by atoms with E-state index < -0.39 is 0 Å². The van der Waals surface area contributed by atoms with Gasteiger partial charge in [0, 0.05) is 13.0 Å². The number of hydrogen-bond donors (Lipinski definition) is 1. The molecule has 1 N–H and O–H groups in total. The number of carbonyl (C=O) groups excluding carboxylic acids is 1. The van der Waals surface area contributed by atoms with Gasteiger partial charge < -0.3 is 14.8 Å². The molecule has 0 radical (unpaired) electrons. The third-order valence-corrected chi connectivity index (χ3v) is 2.49. The predicted molar refractivity (Wildman–Crippen MR) is 70.5 cm³/mol. The van der Waals surface area contributed by atoms with Gasteiger partial charge in [-0.1, -0.05) is 12.1 Å². The summed E-state index contributed by atoms with van der Waals surface area (Å²) in [5.74, 6) is 0.504. The zero-order valence-corrected chi connectivity index (χ0v) is 11.0. The first-order chi connectivity index (χ1) is 9.26. The highest BCUT2D eigenvalue weighted by atomic mass is 16.5. The number of nitriles is 1. The van der Waals surface area contributed by atoms with E-state index in [1.54, 1.807) is 0 Å². The largest absolute Gasteiger partial charge is 0.479 e. The Balaban J connectivity index is 2.25. The molecular weight excluding hydrogens is 244 g/mol. The van der Waals surface area contributed by atoms with Gasteiger partial charge in [0.25, 0.3) is 0 Å². The van der Waals surface area contributed by atoms with Crippen molar-refractivity contribution >= 4 is 5.97 Å². The van der Waals surface area contributed by atoms with E-state index in [4.69, 9.17) is 10.00 Å². The molecule has 0 spiro atoms. The topological polar surface area (TPSA) is 71.3 Å². The van der Waals surface area contributed by atoms with Crippen molar-refractivity contribution in [3.8, 4) is 11.8 Å². The fourth-order valence-corrected chi connectivity index (χ4v) is 1.55. The van der Waals surface area contributed by atoms with Crippen molar-refractivity contribution in [3.05, 3.63) is 29.8 Å². The number of nitrogens with one attached hydrogen (secondary N) is 1. The van der Waals surface area contributed by atoms with Crippen molar-refractivity contribution in [2.75, 3.05) is 20.3 Å². The van der Waals surface area contributed by atoms with Crippen LogP contribution in [0.5, 0.6) is 5.75 Å². The van der Waals surface area contributed by atoms with E-state index >= 15 is 0 Å². The van der Waals surface area contributed by atoms with Gasteiger partial charge in [0.05, 0.1) is 7.11 Å². The highest BCUT2D eigenvalue weighted by Gasteiger charge is 2.00. The number of ether oxygens (including phenoxy) is 2. The molecule has 0 aliphatic heterocycles. The van der Waals surface area contributed by atoms with E-state index in [-0.39, 0.29) is 12.6 Å². The van der Waals surface area contributed by atoms with Gasteiger partial charge in [0.2, 0.25) is 0 Å². The van der Waals surface area contributed by atoms with Crippen LogP contribution in [0.15, 0.2) is 24.3 Å². The molecule has 0 heterocycles. The maximum atomic E-state index is 10.9. The summed E-state index contributed by atoms with van der Waals surface area (Å²) in [7, 11) is 1.39. The SMILES string of the molecule is COC(=O)CCCNCc1cccc(OCC#N)c1. The van der Waals surface area contributed by atoms with Crippen LogP contribution in [0.25, 0.3) is 0 Å². The number of hydrogen-bond acceptors (Lipinski definition) is 5. The van der Waals surface area contributed by atoms with Crippen molar-refractivity contribution in [3.63, 3.8) is 0 Å². The second kappa shape index (κ2) is 8.95. The van der Waals surface area contributed by atoms with Gasteiger partial charge in [0.1, 0.15) is 11.8 Å². The normalized spacial score (nSPS) is 9.68. The number of carbonyl (C=O) groups is 1. The van der Waals surface area contributed by atoms with Gasteiger partial charge in [-0.25, -0.2) is 0 Å². The lowest BCUT2D eigenvalue weighted by Crippen LogP contribution is -2.16. The molecule has 0 amide bonds. The molecule has 1 aromatic carbocycles. The molecular formula is C14H18N2O3. The van der Waals surface area contributed by atoms with Crippen LogP contribution in [0.1, 0.15) is 18.4 Å². The Kier molecular flexibility index (Phi) is 7.06. The van der Waals surface area contributed by atoms with Crippen LogP contribution in [0, 0.1) is 11.3 Å². The van der Waals surface area contributed by atoms with E-state index in [2.05, 4.69) is 10.1 Å². The first-order valence-electron chi connectivity index (χ1n) is 6.12. The first-order valence-corrected chi connectivity index (χ1v) is 6.12.